The Kier molecular flexibility index (Phi) is 2.66. The fourth-order valence-corrected chi connectivity index (χ4v) is 1.52. The molecule has 0 N–H and O–H groups in total. The van der Waals surface area contributed by atoms with Crippen molar-refractivity contribution < 1.29 is 4.74 Å². The van der Waals surface area contributed by atoms with Gasteiger partial charge in [-0.25, -0.2) is 9.97 Å². The van der Waals surface area contributed by atoms with E-state index in [1.165, 1.54) is 19.3 Å². The van der Waals surface area contributed by atoms with Gasteiger partial charge >= 0.3 is 0 Å². The summed E-state index contributed by atoms with van der Waals surface area (Å²) >= 11 is 0. The smallest absolute Gasteiger partial charge is 0.159 e. The van der Waals surface area contributed by atoms with E-state index in [-0.39, 0.29) is 0 Å². The van der Waals surface area contributed by atoms with Crippen molar-refractivity contribution in [1.29, 1.82) is 0 Å². The first-order chi connectivity index (χ1) is 6.77. The van der Waals surface area contributed by atoms with E-state index < -0.39 is 0 Å². The van der Waals surface area contributed by atoms with Gasteiger partial charge in [0.05, 0.1) is 18.0 Å². The predicted molar refractivity (Wildman–Crippen MR) is 54.4 cm³/mol. The van der Waals surface area contributed by atoms with E-state index in [4.69, 9.17) is 4.74 Å². The Morgan fingerprint density at radius 3 is 2.79 bits per heavy atom. The predicted octanol–water partition coefficient (Wildman–Crippen LogP) is 2.53. The second kappa shape index (κ2) is 3.95. The van der Waals surface area contributed by atoms with Crippen molar-refractivity contribution in [3.63, 3.8) is 0 Å². The van der Waals surface area contributed by atoms with E-state index in [2.05, 4.69) is 23.8 Å². The van der Waals surface area contributed by atoms with Crippen LogP contribution in [0.3, 0.4) is 0 Å². The van der Waals surface area contributed by atoms with Gasteiger partial charge in [-0.15, -0.1) is 0 Å². The van der Waals surface area contributed by atoms with Crippen LogP contribution in [0.1, 0.15) is 44.7 Å². The molecule has 0 amide bonds. The summed E-state index contributed by atoms with van der Waals surface area (Å²) in [6, 6.07) is 0. The minimum Gasteiger partial charge on any atom is -0.487 e. The minimum atomic E-state index is 0.396. The summed E-state index contributed by atoms with van der Waals surface area (Å²) in [7, 11) is 0. The van der Waals surface area contributed by atoms with Gasteiger partial charge in [0.1, 0.15) is 6.33 Å². The van der Waals surface area contributed by atoms with Gasteiger partial charge in [-0.2, -0.15) is 0 Å². The molecule has 0 aromatic carbocycles. The van der Waals surface area contributed by atoms with Crippen molar-refractivity contribution in [1.82, 2.24) is 9.97 Å². The molecule has 1 heterocycles. The summed E-state index contributed by atoms with van der Waals surface area (Å²) in [5, 5.41) is 0. The van der Waals surface area contributed by atoms with Crippen LogP contribution in [-0.2, 0) is 0 Å². The van der Waals surface area contributed by atoms with Crippen LogP contribution in [0.2, 0.25) is 0 Å². The zero-order valence-corrected chi connectivity index (χ0v) is 8.73. The third-order valence-electron chi connectivity index (χ3n) is 2.60. The molecule has 0 aliphatic heterocycles. The van der Waals surface area contributed by atoms with Crippen molar-refractivity contribution in [3.8, 4) is 5.75 Å². The first-order valence-corrected chi connectivity index (χ1v) is 5.24. The van der Waals surface area contributed by atoms with E-state index in [1.807, 2.05) is 0 Å². The maximum atomic E-state index is 5.82. The van der Waals surface area contributed by atoms with Gasteiger partial charge in [0.15, 0.2) is 5.75 Å². The van der Waals surface area contributed by atoms with Gasteiger partial charge in [-0.1, -0.05) is 13.8 Å². The molecule has 1 saturated carbocycles. The molecular formula is C11H16N2O. The summed E-state index contributed by atoms with van der Waals surface area (Å²) in [4.78, 5) is 8.26. The van der Waals surface area contributed by atoms with Crippen molar-refractivity contribution in [2.75, 3.05) is 0 Å². The SMILES string of the molecule is CC(C)c1ncncc1OC1CCC1. The van der Waals surface area contributed by atoms with Gasteiger partial charge in [-0.05, 0) is 25.2 Å². The lowest BCUT2D eigenvalue weighted by molar-refractivity contribution is 0.117. The topological polar surface area (TPSA) is 35.0 Å². The number of ether oxygens (including phenoxy) is 1. The number of hydrogen-bond acceptors (Lipinski definition) is 3. The highest BCUT2D eigenvalue weighted by Crippen LogP contribution is 2.29. The third kappa shape index (κ3) is 1.86. The van der Waals surface area contributed by atoms with Crippen LogP contribution in [0.5, 0.6) is 5.75 Å². The normalized spacial score (nSPS) is 16.8. The monoisotopic (exact) mass is 192 g/mol. The minimum absolute atomic E-state index is 0.396. The van der Waals surface area contributed by atoms with Crippen LogP contribution >= 0.6 is 0 Å². The molecule has 3 heteroatoms. The number of hydrogen-bond donors (Lipinski definition) is 0. The zero-order chi connectivity index (χ0) is 9.97. The second-order valence-corrected chi connectivity index (χ2v) is 4.10. The van der Waals surface area contributed by atoms with Gasteiger partial charge in [0.25, 0.3) is 0 Å². The van der Waals surface area contributed by atoms with E-state index in [0.717, 1.165) is 11.4 Å². The van der Waals surface area contributed by atoms with Crippen LogP contribution in [0.15, 0.2) is 12.5 Å². The summed E-state index contributed by atoms with van der Waals surface area (Å²) in [5.41, 5.74) is 1.02. The van der Waals surface area contributed by atoms with Crippen molar-refractivity contribution in [2.45, 2.75) is 45.1 Å². The molecule has 1 aromatic heterocycles. The lowest BCUT2D eigenvalue weighted by Gasteiger charge is -2.27. The lowest BCUT2D eigenvalue weighted by atomic mass is 9.96. The Hall–Kier alpha value is -1.12. The molecule has 0 bridgehead atoms. The van der Waals surface area contributed by atoms with Crippen LogP contribution < -0.4 is 4.74 Å². The molecule has 0 saturated heterocycles. The van der Waals surface area contributed by atoms with Crippen LogP contribution in [-0.4, -0.2) is 16.1 Å². The first-order valence-electron chi connectivity index (χ1n) is 5.24. The van der Waals surface area contributed by atoms with E-state index >= 15 is 0 Å². The Labute approximate surface area is 84.5 Å². The Morgan fingerprint density at radius 1 is 1.43 bits per heavy atom. The molecule has 0 radical (unpaired) electrons. The number of nitrogens with zero attached hydrogens (tertiary/aromatic N) is 2. The van der Waals surface area contributed by atoms with Gasteiger partial charge in [0, 0.05) is 0 Å². The average Bonchev–Trinajstić information content (AvgIpc) is 2.12. The van der Waals surface area contributed by atoms with E-state index in [9.17, 15) is 0 Å². The van der Waals surface area contributed by atoms with E-state index in [1.54, 1.807) is 12.5 Å². The maximum Gasteiger partial charge on any atom is 0.159 e. The standard InChI is InChI=1S/C11H16N2O/c1-8(2)11-10(6-12-7-13-11)14-9-4-3-5-9/h6-9H,3-5H2,1-2H3. The average molecular weight is 192 g/mol. The summed E-state index contributed by atoms with van der Waals surface area (Å²) in [6.45, 7) is 4.24. The molecule has 3 nitrogen and oxygen atoms in total. The highest BCUT2D eigenvalue weighted by Gasteiger charge is 2.21. The molecule has 1 aromatic rings. The summed E-state index contributed by atoms with van der Waals surface area (Å²) < 4.78 is 5.82. The molecule has 1 aliphatic carbocycles. The summed E-state index contributed by atoms with van der Waals surface area (Å²) in [6.07, 6.45) is 7.40. The molecule has 76 valence electrons. The second-order valence-electron chi connectivity index (χ2n) is 4.10. The van der Waals surface area contributed by atoms with Gasteiger partial charge in [0.2, 0.25) is 0 Å². The molecule has 0 atom stereocenters. The molecule has 2 rings (SSSR count). The fourth-order valence-electron chi connectivity index (χ4n) is 1.52. The van der Waals surface area contributed by atoms with Crippen LogP contribution in [0.25, 0.3) is 0 Å². The molecule has 0 unspecified atom stereocenters. The Morgan fingerprint density at radius 2 is 2.21 bits per heavy atom. The molecular weight excluding hydrogens is 176 g/mol. The molecule has 0 spiro atoms. The van der Waals surface area contributed by atoms with E-state index in [0.29, 0.717) is 12.0 Å². The van der Waals surface area contributed by atoms with Gasteiger partial charge in [-0.3, -0.25) is 0 Å². The lowest BCUT2D eigenvalue weighted by Crippen LogP contribution is -2.25. The third-order valence-corrected chi connectivity index (χ3v) is 2.60. The molecule has 14 heavy (non-hydrogen) atoms. The van der Waals surface area contributed by atoms with Crippen molar-refractivity contribution in [2.24, 2.45) is 0 Å². The van der Waals surface area contributed by atoms with Gasteiger partial charge < -0.3 is 4.74 Å². The largest absolute Gasteiger partial charge is 0.487 e. The van der Waals surface area contributed by atoms with Crippen molar-refractivity contribution in [3.05, 3.63) is 18.2 Å². The quantitative estimate of drug-likeness (QED) is 0.738. The Balaban J connectivity index is 2.13. The number of aromatic nitrogens is 2. The van der Waals surface area contributed by atoms with Crippen molar-refractivity contribution >= 4 is 0 Å². The molecule has 1 fully saturated rings. The highest BCUT2D eigenvalue weighted by molar-refractivity contribution is 5.26. The maximum absolute atomic E-state index is 5.82. The van der Waals surface area contributed by atoms with Crippen LogP contribution in [0.4, 0.5) is 0 Å². The highest BCUT2D eigenvalue weighted by atomic mass is 16.5. The first kappa shape index (κ1) is 9.44. The van der Waals surface area contributed by atoms with Crippen LogP contribution in [0, 0.1) is 0 Å². The zero-order valence-electron chi connectivity index (χ0n) is 8.73. The fraction of sp³-hybridized carbons (Fsp3) is 0.636. The Bertz CT molecular complexity index is 308. The summed E-state index contributed by atoms with van der Waals surface area (Å²) in [5.74, 6) is 1.26. The molecule has 1 aliphatic rings. The number of rotatable bonds is 3.